The molecule has 1 aromatic rings. The predicted molar refractivity (Wildman–Crippen MR) is 81.4 cm³/mol. The van der Waals surface area contributed by atoms with E-state index in [2.05, 4.69) is 19.0 Å². The lowest BCUT2D eigenvalue weighted by atomic mass is 9.89. The minimum Gasteiger partial charge on any atom is -0.491 e. The standard InChI is InChI=1S/C17H23NO3/c1-17(2)10-9-12(21-17)11-20-16-8-4-5-13-14(16)6-3-7-15(13)18-19/h4-5,8,12,19H,3,6-7,9-11H2,1-2H3/b18-15+. The van der Waals surface area contributed by atoms with Crippen molar-refractivity contribution in [2.45, 2.75) is 57.7 Å². The maximum atomic E-state index is 9.12. The number of oxime groups is 1. The fourth-order valence-corrected chi connectivity index (χ4v) is 3.28. The summed E-state index contributed by atoms with van der Waals surface area (Å²) in [6, 6.07) is 5.97. The Morgan fingerprint density at radius 3 is 2.95 bits per heavy atom. The van der Waals surface area contributed by atoms with Gasteiger partial charge in [0.1, 0.15) is 12.4 Å². The monoisotopic (exact) mass is 289 g/mol. The van der Waals surface area contributed by atoms with Gasteiger partial charge in [0, 0.05) is 11.1 Å². The average molecular weight is 289 g/mol. The molecule has 1 heterocycles. The van der Waals surface area contributed by atoms with Crippen LogP contribution in [0.15, 0.2) is 23.4 Å². The molecule has 114 valence electrons. The molecule has 1 atom stereocenters. The largest absolute Gasteiger partial charge is 0.491 e. The molecule has 1 unspecified atom stereocenters. The highest BCUT2D eigenvalue weighted by Crippen LogP contribution is 2.32. The van der Waals surface area contributed by atoms with Crippen LogP contribution in [-0.2, 0) is 11.2 Å². The van der Waals surface area contributed by atoms with Gasteiger partial charge in [-0.25, -0.2) is 0 Å². The summed E-state index contributed by atoms with van der Waals surface area (Å²) in [5.74, 6) is 0.904. The van der Waals surface area contributed by atoms with E-state index in [0.29, 0.717) is 6.61 Å². The SMILES string of the molecule is CC1(C)CCC(COc2cccc3c2CCC/C3=N\O)O1. The topological polar surface area (TPSA) is 51.0 Å². The van der Waals surface area contributed by atoms with Crippen molar-refractivity contribution in [3.63, 3.8) is 0 Å². The number of fused-ring (bicyclic) bond motifs is 1. The Kier molecular flexibility index (Phi) is 3.89. The average Bonchev–Trinajstić information content (AvgIpc) is 2.83. The lowest BCUT2D eigenvalue weighted by Gasteiger charge is -2.22. The molecule has 1 saturated heterocycles. The second-order valence-corrected chi connectivity index (χ2v) is 6.53. The lowest BCUT2D eigenvalue weighted by molar-refractivity contribution is -0.0327. The van der Waals surface area contributed by atoms with Crippen molar-refractivity contribution in [2.75, 3.05) is 6.61 Å². The van der Waals surface area contributed by atoms with E-state index in [0.717, 1.165) is 54.7 Å². The van der Waals surface area contributed by atoms with Crippen LogP contribution < -0.4 is 4.74 Å². The van der Waals surface area contributed by atoms with Gasteiger partial charge in [0.15, 0.2) is 0 Å². The number of ether oxygens (including phenoxy) is 2. The van der Waals surface area contributed by atoms with Crippen molar-refractivity contribution in [2.24, 2.45) is 5.16 Å². The van der Waals surface area contributed by atoms with Gasteiger partial charge in [-0.1, -0.05) is 17.3 Å². The summed E-state index contributed by atoms with van der Waals surface area (Å²) in [7, 11) is 0. The number of benzene rings is 1. The lowest BCUT2D eigenvalue weighted by Crippen LogP contribution is -2.24. The number of hydrogen-bond donors (Lipinski definition) is 1. The van der Waals surface area contributed by atoms with Gasteiger partial charge < -0.3 is 14.7 Å². The normalized spacial score (nSPS) is 25.8. The van der Waals surface area contributed by atoms with Crippen LogP contribution in [0.2, 0.25) is 0 Å². The molecule has 3 rings (SSSR count). The summed E-state index contributed by atoms with van der Waals surface area (Å²) < 4.78 is 12.0. The molecule has 0 amide bonds. The van der Waals surface area contributed by atoms with Gasteiger partial charge in [0.05, 0.1) is 17.4 Å². The van der Waals surface area contributed by atoms with Gasteiger partial charge >= 0.3 is 0 Å². The smallest absolute Gasteiger partial charge is 0.123 e. The van der Waals surface area contributed by atoms with E-state index in [1.807, 2.05) is 18.2 Å². The summed E-state index contributed by atoms with van der Waals surface area (Å²) in [6.45, 7) is 4.84. The highest BCUT2D eigenvalue weighted by atomic mass is 16.6. The van der Waals surface area contributed by atoms with E-state index in [4.69, 9.17) is 14.7 Å². The molecule has 21 heavy (non-hydrogen) atoms. The Labute approximate surface area is 125 Å². The van der Waals surface area contributed by atoms with Crippen molar-refractivity contribution in [3.8, 4) is 5.75 Å². The predicted octanol–water partition coefficient (Wildman–Crippen LogP) is 3.54. The Bertz CT molecular complexity index is 551. The van der Waals surface area contributed by atoms with Crippen LogP contribution in [-0.4, -0.2) is 29.2 Å². The molecule has 2 aliphatic rings. The van der Waals surface area contributed by atoms with E-state index in [1.54, 1.807) is 0 Å². The summed E-state index contributed by atoms with van der Waals surface area (Å²) in [5.41, 5.74) is 2.92. The fraction of sp³-hybridized carbons (Fsp3) is 0.588. The minimum atomic E-state index is -0.0269. The first-order valence-corrected chi connectivity index (χ1v) is 7.73. The van der Waals surface area contributed by atoms with Crippen molar-refractivity contribution in [1.29, 1.82) is 0 Å². The van der Waals surface area contributed by atoms with E-state index < -0.39 is 0 Å². The van der Waals surface area contributed by atoms with Crippen LogP contribution in [0.5, 0.6) is 5.75 Å². The highest BCUT2D eigenvalue weighted by Gasteiger charge is 2.32. The van der Waals surface area contributed by atoms with Crippen LogP contribution in [0.4, 0.5) is 0 Å². The fourth-order valence-electron chi connectivity index (χ4n) is 3.28. The molecule has 0 radical (unpaired) electrons. The van der Waals surface area contributed by atoms with E-state index in [-0.39, 0.29) is 11.7 Å². The Balaban J connectivity index is 1.72. The molecule has 1 N–H and O–H groups in total. The summed E-state index contributed by atoms with van der Waals surface area (Å²) in [4.78, 5) is 0. The third-order valence-corrected chi connectivity index (χ3v) is 4.38. The number of nitrogens with zero attached hydrogens (tertiary/aromatic N) is 1. The molecule has 1 aromatic carbocycles. The van der Waals surface area contributed by atoms with Gasteiger partial charge in [-0.05, 0) is 52.0 Å². The first kappa shape index (κ1) is 14.4. The van der Waals surface area contributed by atoms with Crippen LogP contribution in [0.3, 0.4) is 0 Å². The van der Waals surface area contributed by atoms with Gasteiger partial charge in [-0.2, -0.15) is 0 Å². The molecule has 1 aliphatic carbocycles. The van der Waals surface area contributed by atoms with Crippen LogP contribution in [0.25, 0.3) is 0 Å². The summed E-state index contributed by atoms with van der Waals surface area (Å²) in [5, 5.41) is 12.5. The molecule has 0 saturated carbocycles. The first-order chi connectivity index (χ1) is 10.1. The molecular formula is C17H23NO3. The van der Waals surface area contributed by atoms with Gasteiger partial charge in [0.25, 0.3) is 0 Å². The van der Waals surface area contributed by atoms with Crippen LogP contribution >= 0.6 is 0 Å². The first-order valence-electron chi connectivity index (χ1n) is 7.73. The number of rotatable bonds is 3. The maximum Gasteiger partial charge on any atom is 0.123 e. The Morgan fingerprint density at radius 2 is 2.24 bits per heavy atom. The van der Waals surface area contributed by atoms with Crippen molar-refractivity contribution < 1.29 is 14.7 Å². The van der Waals surface area contributed by atoms with Gasteiger partial charge in [-0.3, -0.25) is 0 Å². The molecule has 1 aliphatic heterocycles. The van der Waals surface area contributed by atoms with Gasteiger partial charge in [0.2, 0.25) is 0 Å². The van der Waals surface area contributed by atoms with E-state index >= 15 is 0 Å². The highest BCUT2D eigenvalue weighted by molar-refractivity contribution is 6.02. The number of hydrogen-bond acceptors (Lipinski definition) is 4. The maximum absolute atomic E-state index is 9.12. The van der Waals surface area contributed by atoms with Crippen LogP contribution in [0.1, 0.15) is 50.7 Å². The Hall–Kier alpha value is -1.55. The van der Waals surface area contributed by atoms with Crippen molar-refractivity contribution in [1.82, 2.24) is 0 Å². The van der Waals surface area contributed by atoms with Crippen molar-refractivity contribution >= 4 is 5.71 Å². The third-order valence-electron chi connectivity index (χ3n) is 4.38. The molecule has 0 spiro atoms. The quantitative estimate of drug-likeness (QED) is 0.684. The molecule has 4 heteroatoms. The second-order valence-electron chi connectivity index (χ2n) is 6.53. The second kappa shape index (κ2) is 5.68. The van der Waals surface area contributed by atoms with Crippen LogP contribution in [0, 0.1) is 0 Å². The zero-order chi connectivity index (χ0) is 14.9. The molecule has 1 fully saturated rings. The van der Waals surface area contributed by atoms with Gasteiger partial charge in [-0.15, -0.1) is 0 Å². The molecule has 0 bridgehead atoms. The Morgan fingerprint density at radius 1 is 1.38 bits per heavy atom. The zero-order valence-electron chi connectivity index (χ0n) is 12.8. The van der Waals surface area contributed by atoms with E-state index in [1.165, 1.54) is 0 Å². The summed E-state index contributed by atoms with van der Waals surface area (Å²) in [6.07, 6.45) is 5.10. The zero-order valence-corrected chi connectivity index (χ0v) is 12.8. The third kappa shape index (κ3) is 3.05. The molecular weight excluding hydrogens is 266 g/mol. The molecule has 4 nitrogen and oxygen atoms in total. The molecule has 0 aromatic heterocycles. The van der Waals surface area contributed by atoms with E-state index in [9.17, 15) is 0 Å². The minimum absolute atomic E-state index is 0.0269. The van der Waals surface area contributed by atoms with Crippen molar-refractivity contribution in [3.05, 3.63) is 29.3 Å². The summed E-state index contributed by atoms with van der Waals surface area (Å²) >= 11 is 0.